The summed E-state index contributed by atoms with van der Waals surface area (Å²) < 4.78 is 22.2. The maximum Gasteiger partial charge on any atom is 0.306 e. The molecule has 1 aliphatic rings. The van der Waals surface area contributed by atoms with Crippen LogP contribution in [0.2, 0.25) is 0 Å². The highest BCUT2D eigenvalue weighted by atomic mass is 16.7. The minimum atomic E-state index is -1.59. The quantitative estimate of drug-likeness (QED) is 0.0270. The predicted molar refractivity (Wildman–Crippen MR) is 219 cm³/mol. The van der Waals surface area contributed by atoms with Crippen molar-refractivity contribution >= 4 is 11.9 Å². The highest BCUT2D eigenvalue weighted by Crippen LogP contribution is 2.23. The molecule has 0 bridgehead atoms. The second-order valence-corrected chi connectivity index (χ2v) is 15.7. The third kappa shape index (κ3) is 28.3. The Kier molecular flexibility index (Phi) is 34.0. The van der Waals surface area contributed by atoms with E-state index in [-0.39, 0.29) is 32.0 Å². The molecule has 322 valence electrons. The summed E-state index contributed by atoms with van der Waals surface area (Å²) in [4.78, 5) is 25.3. The van der Waals surface area contributed by atoms with Gasteiger partial charge >= 0.3 is 11.9 Å². The van der Waals surface area contributed by atoms with E-state index in [1.807, 2.05) is 12.2 Å². The lowest BCUT2D eigenvalue weighted by Gasteiger charge is -2.39. The van der Waals surface area contributed by atoms with Crippen molar-refractivity contribution in [2.24, 2.45) is 0 Å². The van der Waals surface area contributed by atoms with Gasteiger partial charge in [0.2, 0.25) is 0 Å². The number of carbonyl (C=O) groups is 2. The van der Waals surface area contributed by atoms with E-state index in [0.717, 1.165) is 51.4 Å². The number of hydrogen-bond acceptors (Lipinski definition) is 10. The molecule has 10 nitrogen and oxygen atoms in total. The second-order valence-electron chi connectivity index (χ2n) is 15.7. The number of unbranched alkanes of at least 4 members (excludes halogenated alkanes) is 26. The molecular weight excluding hydrogens is 700 g/mol. The number of rotatable bonds is 39. The maximum absolute atomic E-state index is 12.8. The molecule has 0 saturated carbocycles. The van der Waals surface area contributed by atoms with Crippen LogP contribution in [0.15, 0.2) is 25.3 Å². The fourth-order valence-corrected chi connectivity index (χ4v) is 7.03. The molecule has 6 atom stereocenters. The monoisotopic (exact) mass is 783 g/mol. The number of esters is 2. The van der Waals surface area contributed by atoms with Gasteiger partial charge in [0.25, 0.3) is 0 Å². The first-order chi connectivity index (χ1) is 26.8. The number of aliphatic hydroxyl groups excluding tert-OH is 4. The van der Waals surface area contributed by atoms with Crippen molar-refractivity contribution in [3.05, 3.63) is 25.3 Å². The number of carbonyl (C=O) groups excluding carboxylic acids is 2. The standard InChI is InChI=1S/C45H82O10/c1-3-5-7-9-11-13-15-17-19-21-23-25-27-29-31-33-40(47)52-36-38(37-53-45-44(51)43(50)42(49)39(35-46)55-45)54-41(48)34-32-30-28-26-24-22-20-18-16-14-12-10-8-6-4-2/h3-4,38-39,42-46,49-51H,1-2,5-37H2/t38-,39-,42+,43?,44?,45-/m0/s1. The highest BCUT2D eigenvalue weighted by Gasteiger charge is 2.44. The Balaban J connectivity index is 2.30. The van der Waals surface area contributed by atoms with E-state index in [1.54, 1.807) is 0 Å². The van der Waals surface area contributed by atoms with Crippen LogP contribution in [0.4, 0.5) is 0 Å². The summed E-state index contributed by atoms with van der Waals surface area (Å²) in [5.41, 5.74) is 0. The van der Waals surface area contributed by atoms with Crippen LogP contribution >= 0.6 is 0 Å². The Hall–Kier alpha value is -1.82. The van der Waals surface area contributed by atoms with Gasteiger partial charge < -0.3 is 39.4 Å². The summed E-state index contributed by atoms with van der Waals surface area (Å²) in [5, 5.41) is 40.0. The van der Waals surface area contributed by atoms with Crippen molar-refractivity contribution in [2.45, 2.75) is 229 Å². The number of aliphatic hydroxyl groups is 4. The minimum absolute atomic E-state index is 0.216. The SMILES string of the molecule is C=CCCCCCCCCCCCCCCCC(=O)OC[C@@H](CO[C@H]1O[C@@H](CO)[C@@H](O)C(O)C1O)OC(=O)CCCCCCCCCCCCCCCC=C. The van der Waals surface area contributed by atoms with E-state index in [2.05, 4.69) is 13.2 Å². The summed E-state index contributed by atoms with van der Waals surface area (Å²) in [6.07, 6.45) is 29.7. The van der Waals surface area contributed by atoms with Crippen LogP contribution in [0, 0.1) is 0 Å². The van der Waals surface area contributed by atoms with E-state index in [4.69, 9.17) is 18.9 Å². The Labute approximate surface area is 334 Å². The number of hydrogen-bond donors (Lipinski definition) is 4. The van der Waals surface area contributed by atoms with Crippen molar-refractivity contribution in [2.75, 3.05) is 19.8 Å². The lowest BCUT2D eigenvalue weighted by Crippen LogP contribution is -2.59. The molecule has 0 aliphatic carbocycles. The van der Waals surface area contributed by atoms with Gasteiger partial charge in [0.1, 0.15) is 31.0 Å². The molecule has 2 unspecified atom stereocenters. The fraction of sp³-hybridized carbons (Fsp3) is 0.867. The largest absolute Gasteiger partial charge is 0.462 e. The summed E-state index contributed by atoms with van der Waals surface area (Å²) in [6.45, 7) is 6.48. The summed E-state index contributed by atoms with van der Waals surface area (Å²) >= 11 is 0. The van der Waals surface area contributed by atoms with Gasteiger partial charge in [-0.25, -0.2) is 0 Å². The smallest absolute Gasteiger partial charge is 0.306 e. The van der Waals surface area contributed by atoms with E-state index < -0.39 is 49.4 Å². The van der Waals surface area contributed by atoms with E-state index in [1.165, 1.54) is 122 Å². The van der Waals surface area contributed by atoms with Gasteiger partial charge in [-0.3, -0.25) is 9.59 Å². The van der Waals surface area contributed by atoms with Crippen LogP contribution in [-0.4, -0.2) is 89.0 Å². The van der Waals surface area contributed by atoms with Gasteiger partial charge in [0.15, 0.2) is 12.4 Å². The topological polar surface area (TPSA) is 152 Å². The van der Waals surface area contributed by atoms with Crippen molar-refractivity contribution in [3.63, 3.8) is 0 Å². The number of allylic oxidation sites excluding steroid dienone is 2. The van der Waals surface area contributed by atoms with E-state index in [9.17, 15) is 30.0 Å². The molecule has 0 aromatic carbocycles. The third-order valence-corrected chi connectivity index (χ3v) is 10.6. The summed E-state index contributed by atoms with van der Waals surface area (Å²) in [5.74, 6) is -0.806. The second kappa shape index (κ2) is 36.5. The maximum atomic E-state index is 12.8. The van der Waals surface area contributed by atoms with Gasteiger partial charge in [-0.05, 0) is 38.5 Å². The lowest BCUT2D eigenvalue weighted by atomic mass is 9.99. The van der Waals surface area contributed by atoms with Crippen molar-refractivity contribution in [3.8, 4) is 0 Å². The first-order valence-corrected chi connectivity index (χ1v) is 22.3. The van der Waals surface area contributed by atoms with Crippen molar-refractivity contribution < 1.29 is 49.0 Å². The minimum Gasteiger partial charge on any atom is -0.462 e. The van der Waals surface area contributed by atoms with Crippen LogP contribution in [-0.2, 0) is 28.5 Å². The van der Waals surface area contributed by atoms with Gasteiger partial charge in [-0.2, -0.15) is 0 Å². The molecule has 0 spiro atoms. The van der Waals surface area contributed by atoms with Gasteiger partial charge in [-0.1, -0.05) is 153 Å². The van der Waals surface area contributed by atoms with Crippen LogP contribution in [0.1, 0.15) is 193 Å². The first kappa shape index (κ1) is 51.2. The normalized spacial score (nSPS) is 20.3. The zero-order valence-electron chi connectivity index (χ0n) is 34.6. The molecule has 10 heteroatoms. The molecule has 0 aromatic rings. The molecule has 0 radical (unpaired) electrons. The molecule has 0 amide bonds. The molecular formula is C45H82O10. The summed E-state index contributed by atoms with van der Waals surface area (Å²) in [6, 6.07) is 0. The van der Waals surface area contributed by atoms with Crippen LogP contribution in [0.3, 0.4) is 0 Å². The Morgan fingerprint density at radius 1 is 0.527 bits per heavy atom. The van der Waals surface area contributed by atoms with Crippen LogP contribution in [0.5, 0.6) is 0 Å². The van der Waals surface area contributed by atoms with Crippen LogP contribution < -0.4 is 0 Å². The average molecular weight is 783 g/mol. The van der Waals surface area contributed by atoms with Crippen LogP contribution in [0.25, 0.3) is 0 Å². The van der Waals surface area contributed by atoms with Gasteiger partial charge in [0.05, 0.1) is 13.2 Å². The molecule has 1 saturated heterocycles. The third-order valence-electron chi connectivity index (χ3n) is 10.6. The van der Waals surface area contributed by atoms with Crippen molar-refractivity contribution in [1.29, 1.82) is 0 Å². The Bertz CT molecular complexity index is 927. The van der Waals surface area contributed by atoms with E-state index >= 15 is 0 Å². The zero-order chi connectivity index (χ0) is 40.2. The lowest BCUT2D eigenvalue weighted by molar-refractivity contribution is -0.305. The molecule has 1 fully saturated rings. The van der Waals surface area contributed by atoms with Gasteiger partial charge in [0, 0.05) is 12.8 Å². The molecule has 4 N–H and O–H groups in total. The number of ether oxygens (including phenoxy) is 4. The summed E-state index contributed by atoms with van der Waals surface area (Å²) in [7, 11) is 0. The van der Waals surface area contributed by atoms with Gasteiger partial charge in [-0.15, -0.1) is 13.2 Å². The molecule has 1 rings (SSSR count). The first-order valence-electron chi connectivity index (χ1n) is 22.3. The Morgan fingerprint density at radius 2 is 0.909 bits per heavy atom. The Morgan fingerprint density at radius 3 is 1.31 bits per heavy atom. The highest BCUT2D eigenvalue weighted by molar-refractivity contribution is 5.70. The molecule has 1 heterocycles. The molecule has 55 heavy (non-hydrogen) atoms. The average Bonchev–Trinajstić information content (AvgIpc) is 3.18. The fourth-order valence-electron chi connectivity index (χ4n) is 7.03. The van der Waals surface area contributed by atoms with E-state index in [0.29, 0.717) is 6.42 Å². The predicted octanol–water partition coefficient (Wildman–Crippen LogP) is 9.33. The molecule has 0 aromatic heterocycles. The molecule has 1 aliphatic heterocycles. The van der Waals surface area contributed by atoms with Crippen molar-refractivity contribution in [1.82, 2.24) is 0 Å². The zero-order valence-corrected chi connectivity index (χ0v) is 34.6.